The summed E-state index contributed by atoms with van der Waals surface area (Å²) in [6, 6.07) is 22.6. The highest BCUT2D eigenvalue weighted by Crippen LogP contribution is 2.41. The van der Waals surface area contributed by atoms with Gasteiger partial charge in [0.15, 0.2) is 0 Å². The molecule has 0 unspecified atom stereocenters. The van der Waals surface area contributed by atoms with Crippen molar-refractivity contribution in [2.45, 2.75) is 0 Å². The van der Waals surface area contributed by atoms with Gasteiger partial charge in [-0.3, -0.25) is 0 Å². The third-order valence-electron chi connectivity index (χ3n) is 4.45. The van der Waals surface area contributed by atoms with Gasteiger partial charge >= 0.3 is 0 Å². The van der Waals surface area contributed by atoms with E-state index in [0.717, 1.165) is 33.6 Å². The molecule has 3 aromatic carbocycles. The topological polar surface area (TPSA) is 12.2 Å². The zero-order chi connectivity index (χ0) is 18.1. The van der Waals surface area contributed by atoms with E-state index in [4.69, 9.17) is 16.3 Å². The third kappa shape index (κ3) is 3.04. The lowest BCUT2D eigenvalue weighted by atomic mass is 9.94. The number of nitrogens with zero attached hydrogens (tertiary/aromatic N) is 1. The molecule has 0 bridgehead atoms. The molecule has 1 aliphatic heterocycles. The third-order valence-corrected chi connectivity index (χ3v) is 4.89. The first-order valence-corrected chi connectivity index (χ1v) is 8.90. The first-order valence-electron chi connectivity index (χ1n) is 8.52. The molecule has 0 radical (unpaired) electrons. The quantitative estimate of drug-likeness (QED) is 0.430. The van der Waals surface area contributed by atoms with E-state index in [-0.39, 0.29) is 0 Å². The fourth-order valence-corrected chi connectivity index (χ4v) is 3.23. The van der Waals surface area contributed by atoms with Crippen molar-refractivity contribution >= 4 is 38.9 Å². The Bertz CT molecular complexity index is 1070. The number of halogens is 1. The number of benzene rings is 3. The molecular formula is C23H19ClNO+. The zero-order valence-electron chi connectivity index (χ0n) is 14.7. The monoisotopic (exact) mass is 360 g/mol. The molecule has 1 aliphatic rings. The molecule has 0 fully saturated rings. The summed E-state index contributed by atoms with van der Waals surface area (Å²) >= 11 is 6.46. The summed E-state index contributed by atoms with van der Waals surface area (Å²) in [4.78, 5) is 0. The summed E-state index contributed by atoms with van der Waals surface area (Å²) in [7, 11) is 3.87. The number of allylic oxidation sites excluding steroid dienone is 3. The van der Waals surface area contributed by atoms with E-state index < -0.39 is 0 Å². The van der Waals surface area contributed by atoms with E-state index in [9.17, 15) is 0 Å². The van der Waals surface area contributed by atoms with E-state index in [1.807, 2.05) is 73.3 Å². The number of fused-ring (bicyclic) bond motifs is 3. The minimum atomic E-state index is 0.671. The molecular weight excluding hydrogens is 342 g/mol. The Kier molecular flexibility index (Phi) is 4.36. The van der Waals surface area contributed by atoms with Crippen molar-refractivity contribution < 1.29 is 9.31 Å². The lowest BCUT2D eigenvalue weighted by molar-refractivity contribution is -0.461. The van der Waals surface area contributed by atoms with Crippen LogP contribution in [0.5, 0.6) is 5.75 Å². The fourth-order valence-electron chi connectivity index (χ4n) is 3.11. The van der Waals surface area contributed by atoms with Gasteiger partial charge in [-0.15, -0.1) is 0 Å². The van der Waals surface area contributed by atoms with Crippen LogP contribution in [0.1, 0.15) is 11.1 Å². The van der Waals surface area contributed by atoms with Gasteiger partial charge in [-0.25, -0.2) is 4.58 Å². The summed E-state index contributed by atoms with van der Waals surface area (Å²) in [5.74, 6) is 1.67. The molecule has 0 atom stereocenters. The lowest BCUT2D eigenvalue weighted by Gasteiger charge is -2.22. The van der Waals surface area contributed by atoms with Crippen LogP contribution in [0.4, 0.5) is 0 Å². The molecule has 128 valence electrons. The maximum Gasteiger partial charge on any atom is 0.269 e. The van der Waals surface area contributed by atoms with Crippen molar-refractivity contribution in [3.05, 3.63) is 90.0 Å². The average Bonchev–Trinajstić information content (AvgIpc) is 2.68. The van der Waals surface area contributed by atoms with E-state index in [2.05, 4.69) is 24.3 Å². The Hall–Kier alpha value is -2.84. The highest BCUT2D eigenvalue weighted by Gasteiger charge is 2.21. The summed E-state index contributed by atoms with van der Waals surface area (Å²) in [5, 5.41) is 3.01. The second-order valence-corrected chi connectivity index (χ2v) is 6.84. The van der Waals surface area contributed by atoms with Gasteiger partial charge in [0, 0.05) is 17.2 Å². The zero-order valence-corrected chi connectivity index (χ0v) is 15.5. The van der Waals surface area contributed by atoms with Crippen LogP contribution < -0.4 is 4.74 Å². The van der Waals surface area contributed by atoms with E-state index >= 15 is 0 Å². The van der Waals surface area contributed by atoms with Crippen molar-refractivity contribution in [2.75, 3.05) is 14.1 Å². The predicted molar refractivity (Wildman–Crippen MR) is 110 cm³/mol. The van der Waals surface area contributed by atoms with Gasteiger partial charge in [0.05, 0.1) is 0 Å². The number of hydrogen-bond donors (Lipinski definition) is 0. The number of rotatable bonds is 2. The Morgan fingerprint density at radius 3 is 2.42 bits per heavy atom. The van der Waals surface area contributed by atoms with E-state index in [1.165, 1.54) is 5.39 Å². The predicted octanol–water partition coefficient (Wildman–Crippen LogP) is 5.57. The molecule has 0 aromatic heterocycles. The van der Waals surface area contributed by atoms with Crippen molar-refractivity contribution in [1.29, 1.82) is 0 Å². The largest absolute Gasteiger partial charge is 0.456 e. The Morgan fingerprint density at radius 2 is 1.65 bits per heavy atom. The van der Waals surface area contributed by atoms with Gasteiger partial charge in [-0.05, 0) is 40.1 Å². The molecule has 0 saturated heterocycles. The second kappa shape index (κ2) is 6.81. The van der Waals surface area contributed by atoms with Crippen LogP contribution in [-0.2, 0) is 0 Å². The van der Waals surface area contributed by atoms with E-state index in [0.29, 0.717) is 5.17 Å². The summed E-state index contributed by atoms with van der Waals surface area (Å²) < 4.78 is 8.15. The van der Waals surface area contributed by atoms with Crippen molar-refractivity contribution in [3.8, 4) is 5.75 Å². The smallest absolute Gasteiger partial charge is 0.269 e. The molecule has 3 heteroatoms. The number of ether oxygens (including phenoxy) is 1. The van der Waals surface area contributed by atoms with Crippen LogP contribution in [0, 0.1) is 0 Å². The first kappa shape index (κ1) is 16.6. The molecule has 0 saturated carbocycles. The Balaban J connectivity index is 1.98. The van der Waals surface area contributed by atoms with Crippen LogP contribution in [0.15, 0.2) is 78.9 Å². The van der Waals surface area contributed by atoms with Crippen LogP contribution in [0.3, 0.4) is 0 Å². The Morgan fingerprint density at radius 1 is 0.923 bits per heavy atom. The van der Waals surface area contributed by atoms with Gasteiger partial charge in [0.1, 0.15) is 25.6 Å². The van der Waals surface area contributed by atoms with Crippen LogP contribution in [-0.4, -0.2) is 23.8 Å². The standard InChI is InChI=1S/C23H19ClNO/c1-25(2)22(24)15-18-14-21(17-9-4-3-5-10-17)26-20-13-12-16-8-6-7-11-19(16)23(18)20/h3-15H,1-2H3/q+1/b18-15+. The lowest BCUT2D eigenvalue weighted by Crippen LogP contribution is -2.08. The van der Waals surface area contributed by atoms with Gasteiger partial charge < -0.3 is 4.74 Å². The van der Waals surface area contributed by atoms with Crippen LogP contribution >= 0.6 is 11.6 Å². The molecule has 0 aliphatic carbocycles. The molecule has 2 nitrogen and oxygen atoms in total. The van der Waals surface area contributed by atoms with E-state index in [1.54, 1.807) is 0 Å². The summed E-state index contributed by atoms with van der Waals surface area (Å²) in [6.07, 6.45) is 4.06. The van der Waals surface area contributed by atoms with Crippen molar-refractivity contribution in [3.63, 3.8) is 0 Å². The van der Waals surface area contributed by atoms with Gasteiger partial charge in [-0.1, -0.05) is 60.7 Å². The van der Waals surface area contributed by atoms with Crippen LogP contribution in [0.25, 0.3) is 22.1 Å². The summed E-state index contributed by atoms with van der Waals surface area (Å²) in [6.45, 7) is 0. The minimum Gasteiger partial charge on any atom is -0.456 e. The van der Waals surface area contributed by atoms with Crippen molar-refractivity contribution in [1.82, 2.24) is 0 Å². The normalized spacial score (nSPS) is 14.6. The molecule has 0 amide bonds. The molecule has 4 rings (SSSR count). The van der Waals surface area contributed by atoms with Gasteiger partial charge in [-0.2, -0.15) is 0 Å². The molecule has 1 heterocycles. The number of hydrogen-bond acceptors (Lipinski definition) is 1. The highest BCUT2D eigenvalue weighted by atomic mass is 35.5. The molecule has 0 spiro atoms. The molecule has 0 N–H and O–H groups in total. The van der Waals surface area contributed by atoms with Crippen LogP contribution in [0.2, 0.25) is 0 Å². The maximum absolute atomic E-state index is 6.46. The van der Waals surface area contributed by atoms with Gasteiger partial charge in [0.25, 0.3) is 5.17 Å². The summed E-state index contributed by atoms with van der Waals surface area (Å²) in [5.41, 5.74) is 3.15. The molecule has 26 heavy (non-hydrogen) atoms. The Labute approximate surface area is 158 Å². The SMILES string of the molecule is C[N+](C)=C(Cl)/C=C1\C=C(c2ccccc2)Oc2ccc3ccccc3c21. The molecule has 3 aromatic rings. The minimum absolute atomic E-state index is 0.671. The second-order valence-electron chi connectivity index (χ2n) is 6.45. The van der Waals surface area contributed by atoms with Gasteiger partial charge in [0.2, 0.25) is 0 Å². The highest BCUT2D eigenvalue weighted by molar-refractivity contribution is 6.67. The van der Waals surface area contributed by atoms with Crippen molar-refractivity contribution in [2.24, 2.45) is 0 Å². The maximum atomic E-state index is 6.46. The fraction of sp³-hybridized carbons (Fsp3) is 0.0870. The average molecular weight is 361 g/mol. The first-order chi connectivity index (χ1) is 12.6.